The smallest absolute Gasteiger partial charge is 0.328 e. The molecule has 3 saturated heterocycles. The fourth-order valence-electron chi connectivity index (χ4n) is 4.90. The van der Waals surface area contributed by atoms with Crippen molar-refractivity contribution in [3.05, 3.63) is 35.9 Å². The lowest BCUT2D eigenvalue weighted by Gasteiger charge is -2.37. The van der Waals surface area contributed by atoms with E-state index in [1.807, 2.05) is 32.0 Å². The Morgan fingerprint density at radius 3 is 2.44 bits per heavy atom. The van der Waals surface area contributed by atoms with Gasteiger partial charge in [0.25, 0.3) is 11.8 Å². The fraction of sp³-hybridized carbons (Fsp3) is 0.640. The highest BCUT2D eigenvalue weighted by molar-refractivity contribution is 5.94. The maximum absolute atomic E-state index is 13.3. The molecule has 2 bridgehead atoms. The molecular formula is C25H35N3O6. The van der Waals surface area contributed by atoms with E-state index < -0.39 is 30.5 Å². The minimum absolute atomic E-state index is 0.110. The molecule has 3 aliphatic rings. The number of carbonyl (C=O) groups is 3. The number of rotatable bonds is 8. The standard InChI is InChI=1S/C25H35N3O6/c1-17(2)15-19(25(31)32-3)28-16-20-33-21(22(34-20)24(28)30)23(29)27-13-11-26(12-14-27)10-9-18-7-5-4-6-8-18/h4-8,17,19-22H,9-16H2,1-3H3/t19-,20-,21-,22-/m0/s1. The lowest BCUT2D eigenvalue weighted by molar-refractivity contribution is -0.174. The molecule has 1 aromatic rings. The first-order valence-electron chi connectivity index (χ1n) is 12.1. The highest BCUT2D eigenvalue weighted by Gasteiger charge is 2.54. The van der Waals surface area contributed by atoms with E-state index >= 15 is 0 Å². The van der Waals surface area contributed by atoms with Crippen LogP contribution in [0.15, 0.2) is 30.3 Å². The minimum Gasteiger partial charge on any atom is -0.467 e. The molecular weight excluding hydrogens is 438 g/mol. The predicted molar refractivity (Wildman–Crippen MR) is 124 cm³/mol. The average Bonchev–Trinajstić information content (AvgIpc) is 3.22. The highest BCUT2D eigenvalue weighted by atomic mass is 16.7. The lowest BCUT2D eigenvalue weighted by Crippen LogP contribution is -2.58. The van der Waals surface area contributed by atoms with E-state index in [0.717, 1.165) is 26.1 Å². The van der Waals surface area contributed by atoms with Gasteiger partial charge in [0.2, 0.25) is 0 Å². The SMILES string of the molecule is COC(=O)[C@H](CC(C)C)N1C[C@H]2O[C@H](C(=O)N3CCN(CCc4ccccc4)CC3)[C@H](O2)C1=O. The first kappa shape index (κ1) is 24.6. The van der Waals surface area contributed by atoms with Crippen LogP contribution < -0.4 is 0 Å². The summed E-state index contributed by atoms with van der Waals surface area (Å²) < 4.78 is 16.5. The molecule has 0 N–H and O–H groups in total. The Bertz CT molecular complexity index is 871. The van der Waals surface area contributed by atoms with Crippen molar-refractivity contribution in [1.82, 2.24) is 14.7 Å². The summed E-state index contributed by atoms with van der Waals surface area (Å²) in [5.74, 6) is -0.875. The van der Waals surface area contributed by atoms with Gasteiger partial charge in [0.1, 0.15) is 6.04 Å². The predicted octanol–water partition coefficient (Wildman–Crippen LogP) is 0.913. The summed E-state index contributed by atoms with van der Waals surface area (Å²) in [4.78, 5) is 44.5. The van der Waals surface area contributed by atoms with Gasteiger partial charge in [-0.15, -0.1) is 0 Å². The molecule has 0 spiro atoms. The van der Waals surface area contributed by atoms with Crippen molar-refractivity contribution in [1.29, 1.82) is 0 Å². The molecule has 0 saturated carbocycles. The van der Waals surface area contributed by atoms with Crippen molar-refractivity contribution < 1.29 is 28.6 Å². The van der Waals surface area contributed by atoms with Crippen LogP contribution in [0.2, 0.25) is 0 Å². The molecule has 34 heavy (non-hydrogen) atoms. The van der Waals surface area contributed by atoms with Gasteiger partial charge in [-0.2, -0.15) is 0 Å². The van der Waals surface area contributed by atoms with Gasteiger partial charge in [-0.1, -0.05) is 44.2 Å². The number of methoxy groups -OCH3 is 1. The number of amides is 2. The second kappa shape index (κ2) is 10.8. The monoisotopic (exact) mass is 473 g/mol. The maximum atomic E-state index is 13.3. The third kappa shape index (κ3) is 5.42. The van der Waals surface area contributed by atoms with Crippen molar-refractivity contribution in [3.63, 3.8) is 0 Å². The Kier molecular flexibility index (Phi) is 7.85. The molecule has 9 heteroatoms. The molecule has 1 aromatic carbocycles. The number of nitrogens with zero attached hydrogens (tertiary/aromatic N) is 3. The molecule has 4 rings (SSSR count). The third-order valence-corrected chi connectivity index (χ3v) is 6.78. The summed E-state index contributed by atoms with van der Waals surface area (Å²) in [6, 6.07) is 9.65. The normalized spacial score (nSPS) is 26.1. The van der Waals surface area contributed by atoms with Gasteiger partial charge in [0.15, 0.2) is 18.5 Å². The van der Waals surface area contributed by atoms with Crippen LogP contribution in [0.5, 0.6) is 0 Å². The largest absolute Gasteiger partial charge is 0.467 e. The summed E-state index contributed by atoms with van der Waals surface area (Å²) in [5.41, 5.74) is 1.30. The number of morpholine rings is 1. The van der Waals surface area contributed by atoms with Gasteiger partial charge in [0, 0.05) is 32.7 Å². The Morgan fingerprint density at radius 2 is 1.79 bits per heavy atom. The zero-order chi connectivity index (χ0) is 24.2. The number of carbonyl (C=O) groups excluding carboxylic acids is 3. The summed E-state index contributed by atoms with van der Waals surface area (Å²) in [7, 11) is 1.32. The molecule has 4 atom stereocenters. The molecule has 0 aliphatic carbocycles. The Morgan fingerprint density at radius 1 is 1.09 bits per heavy atom. The lowest BCUT2D eigenvalue weighted by atomic mass is 10.0. The second-order valence-corrected chi connectivity index (χ2v) is 9.60. The van der Waals surface area contributed by atoms with Crippen molar-refractivity contribution in [2.24, 2.45) is 5.92 Å². The second-order valence-electron chi connectivity index (χ2n) is 9.60. The van der Waals surface area contributed by atoms with Crippen LogP contribution in [0.1, 0.15) is 25.8 Å². The number of hydrogen-bond donors (Lipinski definition) is 0. The topological polar surface area (TPSA) is 88.6 Å². The van der Waals surface area contributed by atoms with E-state index in [2.05, 4.69) is 17.0 Å². The van der Waals surface area contributed by atoms with E-state index in [9.17, 15) is 14.4 Å². The molecule has 3 aliphatic heterocycles. The zero-order valence-electron chi connectivity index (χ0n) is 20.2. The minimum atomic E-state index is -1.03. The van der Waals surface area contributed by atoms with Crippen LogP contribution in [0.3, 0.4) is 0 Å². The van der Waals surface area contributed by atoms with Gasteiger partial charge in [-0.3, -0.25) is 14.5 Å². The average molecular weight is 474 g/mol. The van der Waals surface area contributed by atoms with E-state index in [0.29, 0.717) is 19.5 Å². The van der Waals surface area contributed by atoms with E-state index in [-0.39, 0.29) is 24.3 Å². The summed E-state index contributed by atoms with van der Waals surface area (Å²) in [5, 5.41) is 0. The first-order valence-corrected chi connectivity index (χ1v) is 12.1. The molecule has 9 nitrogen and oxygen atoms in total. The molecule has 0 unspecified atom stereocenters. The van der Waals surface area contributed by atoms with Gasteiger partial charge in [0.05, 0.1) is 13.7 Å². The Balaban J connectivity index is 1.33. The highest BCUT2D eigenvalue weighted by Crippen LogP contribution is 2.31. The number of fused-ring (bicyclic) bond motifs is 2. The third-order valence-electron chi connectivity index (χ3n) is 6.78. The quantitative estimate of drug-likeness (QED) is 0.519. The van der Waals surface area contributed by atoms with Gasteiger partial charge < -0.3 is 24.0 Å². The number of benzene rings is 1. The number of ether oxygens (including phenoxy) is 3. The van der Waals surface area contributed by atoms with Crippen LogP contribution in [0.25, 0.3) is 0 Å². The van der Waals surface area contributed by atoms with E-state index in [1.165, 1.54) is 17.6 Å². The van der Waals surface area contributed by atoms with Crippen molar-refractivity contribution in [3.8, 4) is 0 Å². The molecule has 0 radical (unpaired) electrons. The molecule has 3 heterocycles. The molecule has 0 aromatic heterocycles. The number of piperazine rings is 1. The van der Waals surface area contributed by atoms with Gasteiger partial charge >= 0.3 is 5.97 Å². The fourth-order valence-corrected chi connectivity index (χ4v) is 4.90. The number of esters is 1. The van der Waals surface area contributed by atoms with Crippen molar-refractivity contribution in [2.45, 2.75) is 51.2 Å². The van der Waals surface area contributed by atoms with Crippen LogP contribution in [0, 0.1) is 5.92 Å². The Labute approximate surface area is 200 Å². The van der Waals surface area contributed by atoms with Crippen LogP contribution in [0.4, 0.5) is 0 Å². The van der Waals surface area contributed by atoms with E-state index in [1.54, 1.807) is 4.90 Å². The van der Waals surface area contributed by atoms with Gasteiger partial charge in [-0.05, 0) is 24.3 Å². The van der Waals surface area contributed by atoms with Crippen LogP contribution in [-0.4, -0.2) is 103 Å². The van der Waals surface area contributed by atoms with Crippen molar-refractivity contribution >= 4 is 17.8 Å². The summed E-state index contributed by atoms with van der Waals surface area (Å²) >= 11 is 0. The van der Waals surface area contributed by atoms with Crippen LogP contribution >= 0.6 is 0 Å². The summed E-state index contributed by atoms with van der Waals surface area (Å²) in [6.45, 7) is 7.74. The zero-order valence-corrected chi connectivity index (χ0v) is 20.2. The van der Waals surface area contributed by atoms with Crippen LogP contribution in [-0.2, 0) is 35.0 Å². The summed E-state index contributed by atoms with van der Waals surface area (Å²) in [6.07, 6.45) is -1.28. The Hall–Kier alpha value is -2.49. The first-order chi connectivity index (χ1) is 16.4. The molecule has 2 amide bonds. The van der Waals surface area contributed by atoms with Gasteiger partial charge in [-0.25, -0.2) is 4.79 Å². The van der Waals surface area contributed by atoms with Crippen molar-refractivity contribution in [2.75, 3.05) is 46.4 Å². The maximum Gasteiger partial charge on any atom is 0.328 e. The van der Waals surface area contributed by atoms with E-state index in [4.69, 9.17) is 14.2 Å². The molecule has 3 fully saturated rings. The number of hydrogen-bond acceptors (Lipinski definition) is 7. The molecule has 186 valence electrons.